The summed E-state index contributed by atoms with van der Waals surface area (Å²) >= 11 is 0. The molecule has 18 heteroatoms. The van der Waals surface area contributed by atoms with Crippen LogP contribution in [0.3, 0.4) is 0 Å². The highest BCUT2D eigenvalue weighted by Gasteiger charge is 2.50. The summed E-state index contributed by atoms with van der Waals surface area (Å²) in [7, 11) is 0. The number of carboxylic acids is 2. The maximum Gasteiger partial charge on any atom is 0.335 e. The van der Waals surface area contributed by atoms with Crippen molar-refractivity contribution in [1.82, 2.24) is 0 Å². The summed E-state index contributed by atoms with van der Waals surface area (Å²) < 4.78 is 33.3. The van der Waals surface area contributed by atoms with Crippen LogP contribution in [0.1, 0.15) is 20.8 Å². The lowest BCUT2D eigenvalue weighted by atomic mass is 9.97. The first-order valence-electron chi connectivity index (χ1n) is 15.0. The number of rotatable bonds is 8. The molecule has 3 heterocycles. The molecule has 2 fully saturated rings. The number of hydrogen-bond acceptors (Lipinski definition) is 16. The summed E-state index contributed by atoms with van der Waals surface area (Å²) in [6.07, 6.45) is -20.5. The number of carbonyl (C=O) groups excluding carboxylic acids is 1. The van der Waals surface area contributed by atoms with Crippen molar-refractivity contribution in [2.24, 2.45) is 5.41 Å². The largest absolute Gasteiger partial charge is 0.479 e. The molecule has 2 aliphatic rings. The predicted octanol–water partition coefficient (Wildman–Crippen LogP) is -1.05. The number of aliphatic carboxylic acids is 2. The maximum absolute atomic E-state index is 13.8. The fraction of sp³-hybridized carbons (Fsp3) is 0.438. The fourth-order valence-electron chi connectivity index (χ4n) is 5.04. The van der Waals surface area contributed by atoms with E-state index in [0.29, 0.717) is 0 Å². The van der Waals surface area contributed by atoms with E-state index in [1.54, 1.807) is 26.8 Å². The van der Waals surface area contributed by atoms with Gasteiger partial charge in [0.25, 0.3) is 0 Å². The number of aliphatic hydroxyl groups is 6. The lowest BCUT2D eigenvalue weighted by Gasteiger charge is -2.38. The molecule has 1 aromatic heterocycles. The molecule has 0 bridgehead atoms. The van der Waals surface area contributed by atoms with Crippen molar-refractivity contribution in [1.29, 1.82) is 0 Å². The molecule has 0 saturated carbocycles. The predicted molar refractivity (Wildman–Crippen MR) is 163 cm³/mol. The molecule has 0 aliphatic carbocycles. The quantitative estimate of drug-likeness (QED) is 0.102. The highest BCUT2D eigenvalue weighted by atomic mass is 16.7. The molecule has 0 amide bonds. The van der Waals surface area contributed by atoms with Crippen molar-refractivity contribution >= 4 is 28.9 Å². The SMILES string of the molecule is CC(C)(C)C(=O)Oc1ccc(-c2oc3ccccc3c(=O)c2O[C@H]2O[C@@H](C(=O)O)[C@H](O)[C@@H](O)[C@@H]2O)cc1O[C@H]1O[C@@H](C(=O)O)[C@H](O)[C@@H](O)[C@@H]1O. The molecule has 0 radical (unpaired) electrons. The lowest BCUT2D eigenvalue weighted by Crippen LogP contribution is -2.61. The molecule has 10 atom stereocenters. The summed E-state index contributed by atoms with van der Waals surface area (Å²) in [5, 5.41) is 81.0. The Kier molecular flexibility index (Phi) is 10.2. The lowest BCUT2D eigenvalue weighted by molar-refractivity contribution is -0.271. The van der Waals surface area contributed by atoms with Crippen molar-refractivity contribution in [3.8, 4) is 28.6 Å². The van der Waals surface area contributed by atoms with Crippen LogP contribution in [-0.4, -0.2) is 120 Å². The Morgan fingerprint density at radius 3 is 1.78 bits per heavy atom. The summed E-state index contributed by atoms with van der Waals surface area (Å²) in [5.41, 5.74) is -1.98. The first kappa shape index (κ1) is 36.6. The average Bonchev–Trinajstić information content (AvgIpc) is 3.06. The number of para-hydroxylation sites is 1. The van der Waals surface area contributed by atoms with Crippen LogP contribution in [-0.2, 0) is 23.9 Å². The van der Waals surface area contributed by atoms with E-state index in [0.717, 1.165) is 6.07 Å². The van der Waals surface area contributed by atoms with Gasteiger partial charge in [-0.3, -0.25) is 9.59 Å². The van der Waals surface area contributed by atoms with Crippen molar-refractivity contribution < 1.29 is 83.3 Å². The second kappa shape index (κ2) is 13.9. The molecule has 2 aliphatic heterocycles. The van der Waals surface area contributed by atoms with E-state index >= 15 is 0 Å². The van der Waals surface area contributed by atoms with Gasteiger partial charge in [-0.2, -0.15) is 0 Å². The molecule has 270 valence electrons. The summed E-state index contributed by atoms with van der Waals surface area (Å²) in [6, 6.07) is 9.40. The smallest absolute Gasteiger partial charge is 0.335 e. The monoisotopic (exact) mass is 706 g/mol. The normalized spacial score (nSPS) is 30.0. The van der Waals surface area contributed by atoms with Gasteiger partial charge in [0.2, 0.25) is 23.8 Å². The van der Waals surface area contributed by atoms with Crippen molar-refractivity contribution in [2.45, 2.75) is 82.2 Å². The summed E-state index contributed by atoms with van der Waals surface area (Å²) in [4.78, 5) is 50.0. The van der Waals surface area contributed by atoms with Gasteiger partial charge in [-0.25, -0.2) is 9.59 Å². The second-order valence-corrected chi connectivity index (χ2v) is 12.6. The van der Waals surface area contributed by atoms with E-state index in [9.17, 15) is 60.0 Å². The number of ether oxygens (including phenoxy) is 5. The Morgan fingerprint density at radius 1 is 0.700 bits per heavy atom. The summed E-state index contributed by atoms with van der Waals surface area (Å²) in [6.45, 7) is 4.65. The van der Waals surface area contributed by atoms with E-state index < -0.39 is 107 Å². The first-order valence-corrected chi connectivity index (χ1v) is 15.0. The van der Waals surface area contributed by atoms with Crippen LogP contribution in [0, 0.1) is 5.41 Å². The summed E-state index contributed by atoms with van der Waals surface area (Å²) in [5.74, 6) is -5.99. The third-order valence-electron chi connectivity index (χ3n) is 7.88. The zero-order valence-electron chi connectivity index (χ0n) is 26.5. The van der Waals surface area contributed by atoms with Crippen LogP contribution in [0.25, 0.3) is 22.3 Å². The zero-order chi connectivity index (χ0) is 36.8. The zero-order valence-corrected chi connectivity index (χ0v) is 26.5. The first-order chi connectivity index (χ1) is 23.4. The average molecular weight is 707 g/mol. The van der Waals surface area contributed by atoms with Crippen molar-refractivity contribution in [2.75, 3.05) is 0 Å². The molecule has 8 N–H and O–H groups in total. The molecule has 2 aromatic carbocycles. The van der Waals surface area contributed by atoms with E-state index in [1.165, 1.54) is 30.3 Å². The number of carboxylic acid groups (broad SMARTS) is 2. The molecule has 0 unspecified atom stereocenters. The minimum absolute atomic E-state index is 0.0157. The number of hydrogen-bond donors (Lipinski definition) is 8. The Labute approximate surface area is 281 Å². The van der Waals surface area contributed by atoms with Crippen LogP contribution in [0.15, 0.2) is 51.7 Å². The van der Waals surface area contributed by atoms with Crippen LogP contribution in [0.2, 0.25) is 0 Å². The Hall–Kier alpha value is -4.66. The van der Waals surface area contributed by atoms with E-state index in [2.05, 4.69) is 0 Å². The standard InChI is InChI=1S/C32H34O18/c1-32(2,3)31(44)47-14-9-8-11(10-15(14)46-29-21(38)17(34)19(36)25(49-29)27(40)41)23-24(16(33)12-6-4-5-7-13(12)45-23)48-30-22(39)18(35)20(37)26(50-30)28(42)43/h4-10,17-22,25-26,29-30,34-39H,1-3H3,(H,40,41)(H,42,43)/t17-,18-,19-,20-,21+,22+,25-,26-,29+,30+/m1/s1. The molecule has 2 saturated heterocycles. The molecule has 50 heavy (non-hydrogen) atoms. The van der Waals surface area contributed by atoms with Gasteiger partial charge in [0.15, 0.2) is 29.5 Å². The number of carbonyl (C=O) groups is 3. The highest BCUT2D eigenvalue weighted by Crippen LogP contribution is 2.40. The molecule has 18 nitrogen and oxygen atoms in total. The van der Waals surface area contributed by atoms with Gasteiger partial charge in [0.05, 0.1) is 10.8 Å². The molecule has 3 aromatic rings. The van der Waals surface area contributed by atoms with Gasteiger partial charge in [0, 0.05) is 5.56 Å². The Bertz CT molecular complexity index is 1830. The van der Waals surface area contributed by atoms with Gasteiger partial charge in [-0.15, -0.1) is 0 Å². The van der Waals surface area contributed by atoms with E-state index in [1.807, 2.05) is 0 Å². The van der Waals surface area contributed by atoms with Gasteiger partial charge in [0.1, 0.15) is 42.2 Å². The number of aliphatic hydroxyl groups excluding tert-OH is 6. The van der Waals surface area contributed by atoms with Crippen LogP contribution >= 0.6 is 0 Å². The Morgan fingerprint density at radius 2 is 1.24 bits per heavy atom. The van der Waals surface area contributed by atoms with Gasteiger partial charge in [-0.05, 0) is 51.1 Å². The molecular formula is C32H34O18. The van der Waals surface area contributed by atoms with Crippen LogP contribution < -0.4 is 19.6 Å². The van der Waals surface area contributed by atoms with E-state index in [4.69, 9.17) is 28.1 Å². The van der Waals surface area contributed by atoms with Crippen LogP contribution in [0.5, 0.6) is 17.2 Å². The highest BCUT2D eigenvalue weighted by molar-refractivity contribution is 5.83. The van der Waals surface area contributed by atoms with Crippen LogP contribution in [0.4, 0.5) is 0 Å². The van der Waals surface area contributed by atoms with Crippen molar-refractivity contribution in [3.63, 3.8) is 0 Å². The second-order valence-electron chi connectivity index (χ2n) is 12.6. The minimum Gasteiger partial charge on any atom is -0.479 e. The van der Waals surface area contributed by atoms with Crippen molar-refractivity contribution in [3.05, 3.63) is 52.7 Å². The Balaban J connectivity index is 1.64. The number of fused-ring (bicyclic) bond motifs is 1. The van der Waals surface area contributed by atoms with Gasteiger partial charge in [-0.1, -0.05) is 12.1 Å². The third-order valence-corrected chi connectivity index (χ3v) is 7.88. The topological polar surface area (TPSA) is 289 Å². The van der Waals surface area contributed by atoms with Gasteiger partial charge >= 0.3 is 17.9 Å². The molecule has 0 spiro atoms. The molecular weight excluding hydrogens is 672 g/mol. The molecule has 5 rings (SSSR count). The number of esters is 1. The van der Waals surface area contributed by atoms with E-state index in [-0.39, 0.29) is 22.3 Å². The number of benzene rings is 2. The maximum atomic E-state index is 13.8. The fourth-order valence-corrected chi connectivity index (χ4v) is 5.04. The van der Waals surface area contributed by atoms with Gasteiger partial charge < -0.3 is 69.0 Å². The third kappa shape index (κ3) is 7.00. The minimum atomic E-state index is -2.08.